The Balaban J connectivity index is 1.97. The molecule has 0 saturated heterocycles. The highest BCUT2D eigenvalue weighted by atomic mass is 19.4. The molecule has 0 radical (unpaired) electrons. The molecule has 1 heterocycles. The lowest BCUT2D eigenvalue weighted by Crippen LogP contribution is -2.39. The minimum Gasteiger partial charge on any atom is -0.406 e. The number of aryl methyl sites for hydroxylation is 1. The van der Waals surface area contributed by atoms with Gasteiger partial charge in [0, 0.05) is 20.2 Å². The molecule has 6 nitrogen and oxygen atoms in total. The molecule has 0 spiro atoms. The van der Waals surface area contributed by atoms with E-state index in [9.17, 15) is 27.9 Å². The average molecular weight is 486 g/mol. The Morgan fingerprint density at radius 2 is 1.94 bits per heavy atom. The van der Waals surface area contributed by atoms with E-state index in [1.165, 1.54) is 22.8 Å². The Hall–Kier alpha value is -3.59. The fraction of sp³-hybridized carbons (Fsp3) is 0.308. The first-order valence-electron chi connectivity index (χ1n) is 11.3. The number of nitrogens with zero attached hydrogens (tertiary/aromatic N) is 2. The van der Waals surface area contributed by atoms with Gasteiger partial charge in [0.2, 0.25) is 0 Å². The summed E-state index contributed by atoms with van der Waals surface area (Å²) >= 11 is 0. The van der Waals surface area contributed by atoms with Crippen LogP contribution in [0, 0.1) is 5.92 Å². The van der Waals surface area contributed by atoms with E-state index in [1.54, 1.807) is 25.2 Å². The average Bonchev–Trinajstić information content (AvgIpc) is 2.82. The second-order valence-electron chi connectivity index (χ2n) is 8.45. The molecule has 9 heteroatoms. The molecule has 0 saturated carbocycles. The molecule has 0 amide bonds. The first-order valence-corrected chi connectivity index (χ1v) is 11.3. The fourth-order valence-electron chi connectivity index (χ4n) is 4.47. The normalized spacial score (nSPS) is 15.6. The van der Waals surface area contributed by atoms with E-state index in [2.05, 4.69) is 4.74 Å². The maximum Gasteiger partial charge on any atom is 0.573 e. The maximum absolute atomic E-state index is 13.6. The Labute approximate surface area is 199 Å². The first kappa shape index (κ1) is 24.5. The van der Waals surface area contributed by atoms with Crippen LogP contribution in [0.5, 0.6) is 5.75 Å². The summed E-state index contributed by atoms with van der Waals surface area (Å²) in [5.41, 5.74) is 1.18. The van der Waals surface area contributed by atoms with Gasteiger partial charge in [0.25, 0.3) is 5.56 Å². The topological polar surface area (TPSA) is 73.5 Å². The number of fused-ring (bicyclic) bond motifs is 1. The van der Waals surface area contributed by atoms with Crippen LogP contribution in [0.3, 0.4) is 0 Å². The molecule has 1 aromatic heterocycles. The van der Waals surface area contributed by atoms with Gasteiger partial charge >= 0.3 is 12.1 Å². The van der Waals surface area contributed by atoms with Crippen LogP contribution in [0.4, 0.5) is 13.2 Å². The Kier molecular flexibility index (Phi) is 6.98. The van der Waals surface area contributed by atoms with Gasteiger partial charge in [-0.2, -0.15) is 0 Å². The number of aliphatic hydroxyl groups is 1. The third-order valence-electron chi connectivity index (χ3n) is 6.08. The van der Waals surface area contributed by atoms with Crippen molar-refractivity contribution in [3.63, 3.8) is 0 Å². The van der Waals surface area contributed by atoms with Crippen LogP contribution in [0.2, 0.25) is 0 Å². The van der Waals surface area contributed by atoms with Gasteiger partial charge in [0.1, 0.15) is 5.75 Å². The molecule has 4 rings (SSSR count). The van der Waals surface area contributed by atoms with Crippen LogP contribution in [-0.2, 0) is 20.0 Å². The number of ether oxygens (including phenoxy) is 1. The van der Waals surface area contributed by atoms with Crippen LogP contribution in [-0.4, -0.2) is 27.2 Å². The summed E-state index contributed by atoms with van der Waals surface area (Å²) in [6.45, 7) is -0.117. The number of hydrogen-bond donors (Lipinski definition) is 1. The van der Waals surface area contributed by atoms with Gasteiger partial charge < -0.3 is 9.84 Å². The second-order valence-corrected chi connectivity index (χ2v) is 8.45. The van der Waals surface area contributed by atoms with Crippen LogP contribution < -0.4 is 16.0 Å². The number of aromatic nitrogens is 2. The van der Waals surface area contributed by atoms with E-state index in [4.69, 9.17) is 0 Å². The largest absolute Gasteiger partial charge is 0.573 e. The quantitative estimate of drug-likeness (QED) is 0.540. The maximum atomic E-state index is 13.6. The highest BCUT2D eigenvalue weighted by Crippen LogP contribution is 2.34. The van der Waals surface area contributed by atoms with Gasteiger partial charge in [-0.05, 0) is 60.1 Å². The van der Waals surface area contributed by atoms with Crippen molar-refractivity contribution in [1.29, 1.82) is 0 Å². The minimum absolute atomic E-state index is 0.0581. The van der Waals surface area contributed by atoms with Gasteiger partial charge in [-0.25, -0.2) is 4.79 Å². The SMILES string of the molecule is Cn1c(=O)n(CCCO)c(=O)c2c(CC3C=CC=CC3)c(-c3cccc(OC(F)(F)F)c3)ccc21. The van der Waals surface area contributed by atoms with Crippen molar-refractivity contribution in [3.05, 3.63) is 87.1 Å². The molecule has 1 aliphatic rings. The Morgan fingerprint density at radius 3 is 2.63 bits per heavy atom. The van der Waals surface area contributed by atoms with Crippen molar-refractivity contribution < 1.29 is 23.0 Å². The van der Waals surface area contributed by atoms with E-state index in [0.717, 1.165) is 11.0 Å². The van der Waals surface area contributed by atoms with Crippen molar-refractivity contribution in [2.45, 2.75) is 32.2 Å². The molecular weight excluding hydrogens is 461 g/mol. The molecule has 2 aromatic carbocycles. The molecular formula is C26H25F3N2O4. The number of aliphatic hydroxyl groups excluding tert-OH is 1. The molecule has 0 aliphatic heterocycles. The molecule has 1 N–H and O–H groups in total. The summed E-state index contributed by atoms with van der Waals surface area (Å²) in [4.78, 5) is 26.4. The van der Waals surface area contributed by atoms with Crippen molar-refractivity contribution >= 4 is 10.9 Å². The van der Waals surface area contributed by atoms with Gasteiger partial charge in [-0.3, -0.25) is 13.9 Å². The van der Waals surface area contributed by atoms with Crippen molar-refractivity contribution in [2.75, 3.05) is 6.61 Å². The molecule has 3 aromatic rings. The molecule has 35 heavy (non-hydrogen) atoms. The zero-order valence-electron chi connectivity index (χ0n) is 19.1. The Bertz CT molecular complexity index is 1420. The Morgan fingerprint density at radius 1 is 1.14 bits per heavy atom. The predicted molar refractivity (Wildman–Crippen MR) is 127 cm³/mol. The number of allylic oxidation sites excluding steroid dienone is 4. The standard InChI is InChI=1S/C26H25F3N2O4/c1-30-22-12-11-20(18-9-5-10-19(16-18)35-26(27,28)29)21(15-17-7-3-2-4-8-17)23(22)24(33)31(25(30)34)13-6-14-32/h2-5,7,9-12,16-17,32H,6,8,13-15H2,1H3. The highest BCUT2D eigenvalue weighted by Gasteiger charge is 2.31. The minimum atomic E-state index is -4.83. The number of alkyl halides is 3. The predicted octanol–water partition coefficient (Wildman–Crippen LogP) is 4.32. The highest BCUT2D eigenvalue weighted by molar-refractivity contribution is 5.89. The summed E-state index contributed by atoms with van der Waals surface area (Å²) in [6.07, 6.45) is 4.50. The summed E-state index contributed by atoms with van der Waals surface area (Å²) in [5, 5.41) is 9.57. The number of benzene rings is 2. The van der Waals surface area contributed by atoms with E-state index < -0.39 is 17.6 Å². The molecule has 0 bridgehead atoms. The second kappa shape index (κ2) is 9.95. The summed E-state index contributed by atoms with van der Waals surface area (Å²) in [6, 6.07) is 9.01. The van der Waals surface area contributed by atoms with E-state index >= 15 is 0 Å². The van der Waals surface area contributed by atoms with Crippen molar-refractivity contribution in [1.82, 2.24) is 9.13 Å². The van der Waals surface area contributed by atoms with Crippen LogP contribution in [0.25, 0.3) is 22.0 Å². The zero-order chi connectivity index (χ0) is 25.2. The molecule has 0 fully saturated rings. The molecule has 1 unspecified atom stereocenters. The van der Waals surface area contributed by atoms with Gasteiger partial charge in [0.05, 0.1) is 10.9 Å². The smallest absolute Gasteiger partial charge is 0.406 e. The molecule has 184 valence electrons. The monoisotopic (exact) mass is 486 g/mol. The van der Waals surface area contributed by atoms with Gasteiger partial charge in [-0.1, -0.05) is 42.5 Å². The van der Waals surface area contributed by atoms with Gasteiger partial charge in [0.15, 0.2) is 0 Å². The van der Waals surface area contributed by atoms with Crippen LogP contribution in [0.15, 0.2) is 70.3 Å². The molecule has 1 atom stereocenters. The third kappa shape index (κ3) is 5.24. The summed E-state index contributed by atoms with van der Waals surface area (Å²) in [5.74, 6) is -0.288. The van der Waals surface area contributed by atoms with Crippen molar-refractivity contribution in [3.8, 4) is 16.9 Å². The van der Waals surface area contributed by atoms with E-state index in [-0.39, 0.29) is 31.2 Å². The fourth-order valence-corrected chi connectivity index (χ4v) is 4.47. The van der Waals surface area contributed by atoms with Crippen molar-refractivity contribution in [2.24, 2.45) is 13.0 Å². The summed E-state index contributed by atoms with van der Waals surface area (Å²) < 4.78 is 45.1. The molecule has 1 aliphatic carbocycles. The first-order chi connectivity index (χ1) is 16.7. The number of halogens is 3. The van der Waals surface area contributed by atoms with Gasteiger partial charge in [-0.15, -0.1) is 13.2 Å². The number of rotatable bonds is 7. The summed E-state index contributed by atoms with van der Waals surface area (Å²) in [7, 11) is 1.57. The van der Waals surface area contributed by atoms with E-state index in [0.29, 0.717) is 34.0 Å². The zero-order valence-corrected chi connectivity index (χ0v) is 19.1. The lowest BCUT2D eigenvalue weighted by atomic mass is 9.87. The van der Waals surface area contributed by atoms with Crippen LogP contribution >= 0.6 is 0 Å². The number of hydrogen-bond acceptors (Lipinski definition) is 4. The lowest BCUT2D eigenvalue weighted by molar-refractivity contribution is -0.274. The lowest BCUT2D eigenvalue weighted by Gasteiger charge is -2.20. The van der Waals surface area contributed by atoms with E-state index in [1.807, 2.05) is 24.3 Å². The third-order valence-corrected chi connectivity index (χ3v) is 6.08. The van der Waals surface area contributed by atoms with Crippen LogP contribution in [0.1, 0.15) is 18.4 Å².